The summed E-state index contributed by atoms with van der Waals surface area (Å²) in [5, 5.41) is 11.0. The number of ether oxygens (including phenoxy) is 1. The maximum absolute atomic E-state index is 14.6. The molecule has 0 amide bonds. The van der Waals surface area contributed by atoms with Gasteiger partial charge in [-0.15, -0.1) is 0 Å². The first-order valence-corrected chi connectivity index (χ1v) is 7.06. The first kappa shape index (κ1) is 15.1. The van der Waals surface area contributed by atoms with E-state index in [1.807, 2.05) is 11.9 Å². The van der Waals surface area contributed by atoms with E-state index >= 15 is 0 Å². The summed E-state index contributed by atoms with van der Waals surface area (Å²) >= 11 is 0. The molecule has 0 aromatic carbocycles. The topological polar surface area (TPSA) is 54.8 Å². The Hall–Kier alpha value is -1.34. The number of hydrogen-bond acceptors (Lipinski definition) is 5. The molecule has 2 aliphatic rings. The number of hydrogen-bond donors (Lipinski definition) is 2. The van der Waals surface area contributed by atoms with Crippen LogP contribution in [0.25, 0.3) is 0 Å². The number of morpholine rings is 1. The van der Waals surface area contributed by atoms with Crippen molar-refractivity contribution in [1.29, 1.82) is 5.41 Å². The number of rotatable bonds is 3. The van der Waals surface area contributed by atoms with Gasteiger partial charge in [0.15, 0.2) is 5.84 Å². The maximum Gasteiger partial charge on any atom is 0.204 e. The van der Waals surface area contributed by atoms with E-state index in [2.05, 4.69) is 10.2 Å². The molecular weight excluding hydrogens is 261 g/mol. The molecule has 114 valence electrons. The van der Waals surface area contributed by atoms with E-state index in [0.717, 1.165) is 13.1 Å². The van der Waals surface area contributed by atoms with E-state index < -0.39 is 5.83 Å². The van der Waals surface area contributed by atoms with Gasteiger partial charge in [0.1, 0.15) is 5.82 Å². The molecule has 2 N–H and O–H groups in total. The fourth-order valence-electron chi connectivity index (χ4n) is 2.47. The van der Waals surface area contributed by atoms with Crippen LogP contribution in [0.5, 0.6) is 0 Å². The molecule has 0 aromatic heterocycles. The highest BCUT2D eigenvalue weighted by atomic mass is 19.1. The predicted octanol–water partition coefficient (Wildman–Crippen LogP) is -0.0987. The Balaban J connectivity index is 2.06. The highest BCUT2D eigenvalue weighted by Gasteiger charge is 2.24. The molecule has 0 unspecified atom stereocenters. The van der Waals surface area contributed by atoms with Gasteiger partial charge in [0.25, 0.3) is 0 Å². The first-order valence-electron chi connectivity index (χ1n) is 7.06. The number of amidine groups is 1. The quantitative estimate of drug-likeness (QED) is 0.560. The van der Waals surface area contributed by atoms with Crippen molar-refractivity contribution in [3.05, 3.63) is 11.6 Å². The molecule has 0 radical (unpaired) electrons. The largest absolute Gasteiger partial charge is 0.378 e. The summed E-state index contributed by atoms with van der Waals surface area (Å²) in [5.74, 6) is -0.0925. The zero-order chi connectivity index (χ0) is 14.5. The Labute approximate surface area is 119 Å². The van der Waals surface area contributed by atoms with Crippen LogP contribution in [0.1, 0.15) is 0 Å². The van der Waals surface area contributed by atoms with Crippen LogP contribution in [-0.4, -0.2) is 87.1 Å². The number of halogens is 1. The average molecular weight is 285 g/mol. The molecule has 7 heteroatoms. The van der Waals surface area contributed by atoms with Crippen molar-refractivity contribution in [3.8, 4) is 0 Å². The van der Waals surface area contributed by atoms with Crippen molar-refractivity contribution in [2.24, 2.45) is 0 Å². The zero-order valence-electron chi connectivity index (χ0n) is 12.3. The molecule has 2 rings (SSSR count). The van der Waals surface area contributed by atoms with Gasteiger partial charge in [-0.25, -0.2) is 0 Å². The van der Waals surface area contributed by atoms with Crippen molar-refractivity contribution in [2.45, 2.75) is 0 Å². The Kier molecular flexibility index (Phi) is 5.19. The van der Waals surface area contributed by atoms with Crippen molar-refractivity contribution >= 4 is 5.84 Å². The molecule has 2 fully saturated rings. The van der Waals surface area contributed by atoms with Crippen LogP contribution in [-0.2, 0) is 4.74 Å². The van der Waals surface area contributed by atoms with Crippen LogP contribution in [0, 0.1) is 5.41 Å². The number of piperazine rings is 1. The lowest BCUT2D eigenvalue weighted by Gasteiger charge is -2.35. The second-order valence-corrected chi connectivity index (χ2v) is 5.15. The summed E-state index contributed by atoms with van der Waals surface area (Å²) in [7, 11) is 3.74. The lowest BCUT2D eigenvalue weighted by Crippen LogP contribution is -2.48. The normalized spacial score (nSPS) is 22.6. The molecular formula is C13H24FN5O. The third-order valence-corrected chi connectivity index (χ3v) is 3.80. The molecule has 2 heterocycles. The maximum atomic E-state index is 14.6. The van der Waals surface area contributed by atoms with Crippen LogP contribution >= 0.6 is 0 Å². The molecule has 0 spiro atoms. The summed E-state index contributed by atoms with van der Waals surface area (Å²) in [4.78, 5) is 5.89. The highest BCUT2D eigenvalue weighted by molar-refractivity contribution is 5.94. The van der Waals surface area contributed by atoms with Crippen LogP contribution in [0.4, 0.5) is 4.39 Å². The lowest BCUT2D eigenvalue weighted by atomic mass is 10.3. The third kappa shape index (κ3) is 3.40. The monoisotopic (exact) mass is 285 g/mol. The van der Waals surface area contributed by atoms with Gasteiger partial charge in [0, 0.05) is 46.3 Å². The second kappa shape index (κ2) is 6.90. The van der Waals surface area contributed by atoms with Gasteiger partial charge in [-0.1, -0.05) is 0 Å². The van der Waals surface area contributed by atoms with Crippen LogP contribution in [0.2, 0.25) is 0 Å². The summed E-state index contributed by atoms with van der Waals surface area (Å²) in [5.41, 5.74) is 0. The standard InChI is InChI=1S/C13H24FN5O/c1-16-13(19-7-9-20-10-8-19)11(14)12(15)18-5-3-17(2)4-6-18/h15-16H,3-10H2,1-2H3/b13-11-,15-12?. The van der Waals surface area contributed by atoms with Crippen LogP contribution in [0.15, 0.2) is 11.6 Å². The Morgan fingerprint density at radius 3 is 2.20 bits per heavy atom. The third-order valence-electron chi connectivity index (χ3n) is 3.80. The molecule has 20 heavy (non-hydrogen) atoms. The molecule has 2 saturated heterocycles. The van der Waals surface area contributed by atoms with E-state index in [1.54, 1.807) is 11.9 Å². The number of likely N-dealkylation sites (N-methyl/N-ethyl adjacent to an activating group) is 1. The van der Waals surface area contributed by atoms with Crippen LogP contribution in [0.3, 0.4) is 0 Å². The summed E-state index contributed by atoms with van der Waals surface area (Å²) < 4.78 is 19.9. The number of nitrogens with one attached hydrogen (secondary N) is 2. The average Bonchev–Trinajstić information content (AvgIpc) is 2.49. The second-order valence-electron chi connectivity index (χ2n) is 5.15. The molecule has 0 aromatic rings. The Morgan fingerprint density at radius 2 is 1.65 bits per heavy atom. The molecule has 2 aliphatic heterocycles. The lowest BCUT2D eigenvalue weighted by molar-refractivity contribution is 0.0496. The van der Waals surface area contributed by atoms with Crippen LogP contribution < -0.4 is 5.32 Å². The van der Waals surface area contributed by atoms with Gasteiger partial charge in [0.05, 0.1) is 13.2 Å². The van der Waals surface area contributed by atoms with E-state index in [9.17, 15) is 4.39 Å². The van der Waals surface area contributed by atoms with Gasteiger partial charge < -0.3 is 24.8 Å². The van der Waals surface area contributed by atoms with E-state index in [0.29, 0.717) is 45.2 Å². The fourth-order valence-corrected chi connectivity index (χ4v) is 2.47. The predicted molar refractivity (Wildman–Crippen MR) is 76.4 cm³/mol. The molecule has 0 saturated carbocycles. The Bertz CT molecular complexity index is 373. The molecule has 0 bridgehead atoms. The summed E-state index contributed by atoms with van der Waals surface area (Å²) in [6.07, 6.45) is 0. The molecule has 6 nitrogen and oxygen atoms in total. The minimum absolute atomic E-state index is 0.0195. The zero-order valence-corrected chi connectivity index (χ0v) is 12.3. The smallest absolute Gasteiger partial charge is 0.204 e. The van der Waals surface area contributed by atoms with Gasteiger partial charge >= 0.3 is 0 Å². The van der Waals surface area contributed by atoms with Crippen molar-refractivity contribution < 1.29 is 9.13 Å². The first-order chi connectivity index (χ1) is 9.63. The summed E-state index contributed by atoms with van der Waals surface area (Å²) in [6.45, 7) is 5.62. The van der Waals surface area contributed by atoms with Crippen molar-refractivity contribution in [3.63, 3.8) is 0 Å². The molecule has 0 atom stereocenters. The van der Waals surface area contributed by atoms with Gasteiger partial charge in [-0.3, -0.25) is 5.41 Å². The highest BCUT2D eigenvalue weighted by Crippen LogP contribution is 2.15. The fraction of sp³-hybridized carbons (Fsp3) is 0.769. The molecule has 0 aliphatic carbocycles. The van der Waals surface area contributed by atoms with Crippen molar-refractivity contribution in [1.82, 2.24) is 20.0 Å². The number of nitrogens with zero attached hydrogens (tertiary/aromatic N) is 3. The van der Waals surface area contributed by atoms with E-state index in [-0.39, 0.29) is 5.84 Å². The van der Waals surface area contributed by atoms with E-state index in [1.165, 1.54) is 0 Å². The van der Waals surface area contributed by atoms with E-state index in [4.69, 9.17) is 10.1 Å². The van der Waals surface area contributed by atoms with Gasteiger partial charge in [-0.05, 0) is 7.05 Å². The minimum Gasteiger partial charge on any atom is -0.378 e. The van der Waals surface area contributed by atoms with Gasteiger partial charge in [-0.2, -0.15) is 4.39 Å². The van der Waals surface area contributed by atoms with Gasteiger partial charge in [0.2, 0.25) is 5.83 Å². The summed E-state index contributed by atoms with van der Waals surface area (Å²) in [6, 6.07) is 0. The minimum atomic E-state index is -0.473. The van der Waals surface area contributed by atoms with Crippen molar-refractivity contribution in [2.75, 3.05) is 66.6 Å². The SMILES string of the molecule is CN/C(=C(/F)C(=N)N1CCN(C)CC1)N1CCOCC1. The Morgan fingerprint density at radius 1 is 1.05 bits per heavy atom.